The van der Waals surface area contributed by atoms with Crippen LogP contribution in [-0.2, 0) is 16.1 Å². The second-order valence-corrected chi connectivity index (χ2v) is 8.96. The van der Waals surface area contributed by atoms with Gasteiger partial charge in [0.15, 0.2) is 5.76 Å². The van der Waals surface area contributed by atoms with Gasteiger partial charge in [0.25, 0.3) is 5.91 Å². The van der Waals surface area contributed by atoms with Crippen molar-refractivity contribution in [2.24, 2.45) is 0 Å². The molecule has 1 aliphatic carbocycles. The largest absolute Gasteiger partial charge is 0.459 e. The second-order valence-electron chi connectivity index (χ2n) is 8.96. The SMILES string of the molecule is O=C(NCC(=O)N(Cc1ccccc1)C(C(=O)NC1CCCCC1)c1ccc(F)cc1)c1ccco1. The number of nitrogens with zero attached hydrogens (tertiary/aromatic N) is 1. The summed E-state index contributed by atoms with van der Waals surface area (Å²) in [6.07, 6.45) is 6.36. The number of carbonyl (C=O) groups is 3. The van der Waals surface area contributed by atoms with Gasteiger partial charge in [0, 0.05) is 12.6 Å². The summed E-state index contributed by atoms with van der Waals surface area (Å²) < 4.78 is 18.8. The lowest BCUT2D eigenvalue weighted by atomic mass is 9.94. The summed E-state index contributed by atoms with van der Waals surface area (Å²) in [4.78, 5) is 41.0. The van der Waals surface area contributed by atoms with Crippen molar-refractivity contribution in [1.29, 1.82) is 0 Å². The summed E-state index contributed by atoms with van der Waals surface area (Å²) in [6.45, 7) is -0.197. The molecule has 0 radical (unpaired) electrons. The maximum atomic E-state index is 13.7. The molecule has 7 nitrogen and oxygen atoms in total. The minimum Gasteiger partial charge on any atom is -0.459 e. The Morgan fingerprint density at radius 2 is 1.67 bits per heavy atom. The summed E-state index contributed by atoms with van der Waals surface area (Å²) >= 11 is 0. The average molecular weight is 492 g/mol. The first-order valence-corrected chi connectivity index (χ1v) is 12.2. The molecule has 0 bridgehead atoms. The van der Waals surface area contributed by atoms with Gasteiger partial charge in [-0.15, -0.1) is 0 Å². The molecule has 2 aromatic carbocycles. The number of rotatable bonds is 9. The van der Waals surface area contributed by atoms with E-state index in [2.05, 4.69) is 10.6 Å². The van der Waals surface area contributed by atoms with Crippen LogP contribution < -0.4 is 10.6 Å². The molecule has 1 fully saturated rings. The van der Waals surface area contributed by atoms with E-state index in [9.17, 15) is 18.8 Å². The van der Waals surface area contributed by atoms with Crippen LogP contribution in [0.1, 0.15) is 59.8 Å². The van der Waals surface area contributed by atoms with E-state index < -0.39 is 23.7 Å². The lowest BCUT2D eigenvalue weighted by molar-refractivity contribution is -0.141. The Morgan fingerprint density at radius 3 is 2.33 bits per heavy atom. The van der Waals surface area contributed by atoms with Crippen LogP contribution in [-0.4, -0.2) is 35.2 Å². The van der Waals surface area contributed by atoms with Crippen LogP contribution >= 0.6 is 0 Å². The van der Waals surface area contributed by atoms with Crippen molar-refractivity contribution < 1.29 is 23.2 Å². The number of halogens is 1. The Hall–Kier alpha value is -3.94. The van der Waals surface area contributed by atoms with Crippen molar-refractivity contribution in [3.8, 4) is 0 Å². The number of nitrogens with one attached hydrogen (secondary N) is 2. The summed E-state index contributed by atoms with van der Waals surface area (Å²) in [6, 6.07) is 17.0. The van der Waals surface area contributed by atoms with Crippen LogP contribution in [0.3, 0.4) is 0 Å². The van der Waals surface area contributed by atoms with Gasteiger partial charge in [-0.05, 0) is 48.2 Å². The molecule has 0 spiro atoms. The molecule has 1 atom stereocenters. The van der Waals surface area contributed by atoms with E-state index in [1.807, 2.05) is 30.3 Å². The molecule has 1 heterocycles. The standard InChI is InChI=1S/C28H30FN3O4/c29-22-15-13-21(14-16-22)26(28(35)31-23-10-5-2-6-11-23)32(19-20-8-3-1-4-9-20)25(33)18-30-27(34)24-12-7-17-36-24/h1,3-4,7-9,12-17,23,26H,2,5-6,10-11,18-19H2,(H,30,34)(H,31,35). The molecule has 0 aliphatic heterocycles. The van der Waals surface area contributed by atoms with E-state index in [1.54, 1.807) is 6.07 Å². The van der Waals surface area contributed by atoms with E-state index in [4.69, 9.17) is 4.42 Å². The minimum atomic E-state index is -0.999. The lowest BCUT2D eigenvalue weighted by Gasteiger charge is -2.33. The Balaban J connectivity index is 1.62. The highest BCUT2D eigenvalue weighted by molar-refractivity contribution is 5.95. The number of carbonyl (C=O) groups excluding carboxylic acids is 3. The summed E-state index contributed by atoms with van der Waals surface area (Å²) in [7, 11) is 0. The highest BCUT2D eigenvalue weighted by Crippen LogP contribution is 2.26. The molecular weight excluding hydrogens is 461 g/mol. The molecule has 188 valence electrons. The molecule has 4 rings (SSSR count). The zero-order chi connectivity index (χ0) is 25.3. The van der Waals surface area contributed by atoms with Crippen molar-refractivity contribution >= 4 is 17.7 Å². The van der Waals surface area contributed by atoms with Crippen molar-refractivity contribution in [3.05, 3.63) is 95.7 Å². The van der Waals surface area contributed by atoms with Gasteiger partial charge < -0.3 is 20.0 Å². The number of hydrogen-bond acceptors (Lipinski definition) is 4. The molecule has 3 amide bonds. The maximum Gasteiger partial charge on any atom is 0.287 e. The van der Waals surface area contributed by atoms with E-state index >= 15 is 0 Å². The van der Waals surface area contributed by atoms with Gasteiger partial charge in [0.05, 0.1) is 12.8 Å². The third-order valence-electron chi connectivity index (χ3n) is 6.36. The van der Waals surface area contributed by atoms with Crippen molar-refractivity contribution in [1.82, 2.24) is 15.5 Å². The molecule has 2 N–H and O–H groups in total. The van der Waals surface area contributed by atoms with Gasteiger partial charge in [-0.2, -0.15) is 0 Å². The molecule has 1 aliphatic rings. The van der Waals surface area contributed by atoms with Crippen LogP contribution in [0.15, 0.2) is 77.4 Å². The predicted molar refractivity (Wildman–Crippen MR) is 132 cm³/mol. The number of furan rings is 1. The Bertz CT molecular complexity index is 1140. The molecule has 8 heteroatoms. The smallest absolute Gasteiger partial charge is 0.287 e. The van der Waals surface area contributed by atoms with E-state index in [0.29, 0.717) is 5.56 Å². The first kappa shape index (κ1) is 25.2. The van der Waals surface area contributed by atoms with Crippen LogP contribution in [0.4, 0.5) is 4.39 Å². The van der Waals surface area contributed by atoms with E-state index in [0.717, 1.165) is 37.7 Å². The molecular formula is C28H30FN3O4. The normalized spacial score (nSPS) is 14.6. The summed E-state index contributed by atoms with van der Waals surface area (Å²) in [5.74, 6) is -1.65. The van der Waals surface area contributed by atoms with E-state index in [1.165, 1.54) is 41.5 Å². The number of benzene rings is 2. The van der Waals surface area contributed by atoms with Crippen molar-refractivity contribution in [2.45, 2.75) is 50.7 Å². The first-order valence-electron chi connectivity index (χ1n) is 12.2. The van der Waals surface area contributed by atoms with Crippen LogP contribution in [0.2, 0.25) is 0 Å². The fraction of sp³-hybridized carbons (Fsp3) is 0.321. The van der Waals surface area contributed by atoms with Gasteiger partial charge in [-0.25, -0.2) is 4.39 Å². The quantitative estimate of drug-likeness (QED) is 0.465. The van der Waals surface area contributed by atoms with E-state index in [-0.39, 0.29) is 30.8 Å². The summed E-state index contributed by atoms with van der Waals surface area (Å²) in [5.41, 5.74) is 1.31. The Morgan fingerprint density at radius 1 is 0.944 bits per heavy atom. The number of hydrogen-bond donors (Lipinski definition) is 2. The van der Waals surface area contributed by atoms with Gasteiger partial charge in [-0.1, -0.05) is 61.7 Å². The highest BCUT2D eigenvalue weighted by Gasteiger charge is 2.33. The van der Waals surface area contributed by atoms with Gasteiger partial charge in [-0.3, -0.25) is 14.4 Å². The number of amides is 3. The fourth-order valence-corrected chi connectivity index (χ4v) is 4.50. The van der Waals surface area contributed by atoms with Gasteiger partial charge in [0.1, 0.15) is 11.9 Å². The predicted octanol–water partition coefficient (Wildman–Crippen LogP) is 4.37. The summed E-state index contributed by atoms with van der Waals surface area (Å²) in [5, 5.41) is 5.68. The molecule has 1 unspecified atom stereocenters. The minimum absolute atomic E-state index is 0.0292. The van der Waals surface area contributed by atoms with Crippen LogP contribution in [0, 0.1) is 5.82 Å². The monoisotopic (exact) mass is 491 g/mol. The van der Waals surface area contributed by atoms with Crippen LogP contribution in [0.5, 0.6) is 0 Å². The van der Waals surface area contributed by atoms with Gasteiger partial charge in [0.2, 0.25) is 11.8 Å². The fourth-order valence-electron chi connectivity index (χ4n) is 4.50. The zero-order valence-corrected chi connectivity index (χ0v) is 20.0. The maximum absolute atomic E-state index is 13.7. The topological polar surface area (TPSA) is 91.7 Å². The molecule has 0 saturated heterocycles. The molecule has 3 aromatic rings. The Kier molecular flexibility index (Phi) is 8.49. The second kappa shape index (κ2) is 12.2. The first-order chi connectivity index (χ1) is 17.5. The van der Waals surface area contributed by atoms with Crippen molar-refractivity contribution in [3.63, 3.8) is 0 Å². The van der Waals surface area contributed by atoms with Crippen molar-refractivity contribution in [2.75, 3.05) is 6.54 Å². The zero-order valence-electron chi connectivity index (χ0n) is 20.0. The Labute approximate surface area is 209 Å². The third-order valence-corrected chi connectivity index (χ3v) is 6.36. The lowest BCUT2D eigenvalue weighted by Crippen LogP contribution is -2.49. The highest BCUT2D eigenvalue weighted by atomic mass is 19.1. The van der Waals surface area contributed by atoms with Gasteiger partial charge >= 0.3 is 0 Å². The molecule has 1 aromatic heterocycles. The molecule has 1 saturated carbocycles. The third kappa shape index (κ3) is 6.59. The van der Waals surface area contributed by atoms with Crippen LogP contribution in [0.25, 0.3) is 0 Å². The molecule has 36 heavy (non-hydrogen) atoms. The average Bonchev–Trinajstić information content (AvgIpc) is 3.44.